The van der Waals surface area contributed by atoms with Crippen LogP contribution in [0, 0.1) is 0 Å². The van der Waals surface area contributed by atoms with Gasteiger partial charge in [-0.05, 0) is 0 Å². The first kappa shape index (κ1) is 10.3. The Labute approximate surface area is 75.6 Å². The van der Waals surface area contributed by atoms with E-state index < -0.39 is 23.5 Å². The Kier molecular flexibility index (Phi) is 2.80. The molecule has 0 aliphatic heterocycles. The number of hydrogen-bond acceptors (Lipinski definition) is 5. The van der Waals surface area contributed by atoms with Gasteiger partial charge in [-0.15, -0.1) is 0 Å². The summed E-state index contributed by atoms with van der Waals surface area (Å²) < 4.78 is 9.92. The minimum absolute atomic E-state index is 0.00454. The lowest BCUT2D eigenvalue weighted by molar-refractivity contribution is -0.230. The number of rotatable bonds is 2. The molecule has 1 rings (SSSR count). The van der Waals surface area contributed by atoms with E-state index in [4.69, 9.17) is 9.47 Å². The second kappa shape index (κ2) is 3.53. The van der Waals surface area contributed by atoms with E-state index in [9.17, 15) is 14.7 Å². The van der Waals surface area contributed by atoms with Gasteiger partial charge in [-0.25, -0.2) is 0 Å². The smallest absolute Gasteiger partial charge is 0.227 e. The van der Waals surface area contributed by atoms with Gasteiger partial charge in [0.2, 0.25) is 11.6 Å². The Morgan fingerprint density at radius 1 is 1.38 bits per heavy atom. The van der Waals surface area contributed by atoms with Gasteiger partial charge >= 0.3 is 0 Å². The highest BCUT2D eigenvalue weighted by atomic mass is 16.7. The van der Waals surface area contributed by atoms with E-state index in [-0.39, 0.29) is 12.8 Å². The van der Waals surface area contributed by atoms with Gasteiger partial charge in [-0.2, -0.15) is 0 Å². The summed E-state index contributed by atoms with van der Waals surface area (Å²) in [5, 5.41) is 9.22. The third-order valence-electron chi connectivity index (χ3n) is 2.26. The fraction of sp³-hybridized carbons (Fsp3) is 0.750. The molecule has 0 bridgehead atoms. The predicted octanol–water partition coefficient (Wildman–Crippen LogP) is -0.732. The molecule has 5 heteroatoms. The topological polar surface area (TPSA) is 72.8 Å². The Hall–Kier alpha value is -0.780. The molecule has 1 fully saturated rings. The third-order valence-corrected chi connectivity index (χ3v) is 2.26. The molecule has 74 valence electrons. The number of Topliss-reactive ketones (excluding diaryl/α,β-unsaturated/α-hetero) is 2. The van der Waals surface area contributed by atoms with Crippen molar-refractivity contribution in [2.75, 3.05) is 14.2 Å². The van der Waals surface area contributed by atoms with Crippen LogP contribution in [0.15, 0.2) is 0 Å². The molecule has 0 heterocycles. The molecule has 13 heavy (non-hydrogen) atoms. The van der Waals surface area contributed by atoms with Crippen molar-refractivity contribution in [2.24, 2.45) is 0 Å². The van der Waals surface area contributed by atoms with E-state index in [1.807, 2.05) is 0 Å². The fourth-order valence-electron chi connectivity index (χ4n) is 1.37. The van der Waals surface area contributed by atoms with Gasteiger partial charge in [0, 0.05) is 20.6 Å². The number of aliphatic hydroxyl groups is 1. The normalized spacial score (nSPS) is 27.8. The van der Waals surface area contributed by atoms with E-state index in [1.54, 1.807) is 0 Å². The van der Waals surface area contributed by atoms with Crippen LogP contribution in [-0.4, -0.2) is 42.8 Å². The van der Waals surface area contributed by atoms with Crippen LogP contribution in [-0.2, 0) is 19.1 Å². The summed E-state index contributed by atoms with van der Waals surface area (Å²) in [6.07, 6.45) is -1.43. The van der Waals surface area contributed by atoms with Crippen molar-refractivity contribution < 1.29 is 24.2 Å². The SMILES string of the molecule is COC1(OC)CC(=O)C(=O)C(O)C1. The van der Waals surface area contributed by atoms with Crippen molar-refractivity contribution in [3.8, 4) is 0 Å². The number of hydrogen-bond donors (Lipinski definition) is 1. The Morgan fingerprint density at radius 3 is 2.31 bits per heavy atom. The standard InChI is InChI=1S/C8H12O5/c1-12-8(13-2)3-5(9)7(11)6(10)4-8/h5,9H,3-4H2,1-2H3. The van der Waals surface area contributed by atoms with Crippen LogP contribution in [0.3, 0.4) is 0 Å². The van der Waals surface area contributed by atoms with Gasteiger partial charge in [0.1, 0.15) is 6.10 Å². The van der Waals surface area contributed by atoms with Crippen LogP contribution < -0.4 is 0 Å². The zero-order valence-electron chi connectivity index (χ0n) is 7.57. The number of aliphatic hydroxyl groups excluding tert-OH is 1. The molecule has 1 aliphatic carbocycles. The average Bonchev–Trinajstić information content (AvgIpc) is 2.13. The zero-order valence-corrected chi connectivity index (χ0v) is 7.57. The Bertz CT molecular complexity index is 231. The molecule has 0 aromatic rings. The van der Waals surface area contributed by atoms with Crippen LogP contribution in [0.25, 0.3) is 0 Å². The molecule has 0 radical (unpaired) electrons. The molecule has 0 aromatic heterocycles. The van der Waals surface area contributed by atoms with Crippen LogP contribution in [0.4, 0.5) is 0 Å². The molecule has 0 aromatic carbocycles. The first-order chi connectivity index (χ1) is 6.04. The van der Waals surface area contributed by atoms with Crippen molar-refractivity contribution in [3.63, 3.8) is 0 Å². The van der Waals surface area contributed by atoms with Crippen LogP contribution in [0.1, 0.15) is 12.8 Å². The van der Waals surface area contributed by atoms with E-state index >= 15 is 0 Å². The quantitative estimate of drug-likeness (QED) is 0.457. The van der Waals surface area contributed by atoms with Crippen molar-refractivity contribution >= 4 is 11.6 Å². The van der Waals surface area contributed by atoms with Crippen molar-refractivity contribution in [2.45, 2.75) is 24.7 Å². The Balaban J connectivity index is 2.83. The van der Waals surface area contributed by atoms with Gasteiger partial charge in [-0.1, -0.05) is 0 Å². The van der Waals surface area contributed by atoms with Gasteiger partial charge in [0.15, 0.2) is 5.79 Å². The van der Waals surface area contributed by atoms with Crippen molar-refractivity contribution in [3.05, 3.63) is 0 Å². The van der Waals surface area contributed by atoms with Crippen molar-refractivity contribution in [1.29, 1.82) is 0 Å². The number of carbonyl (C=O) groups excluding carboxylic acids is 2. The summed E-state index contributed by atoms with van der Waals surface area (Å²) in [4.78, 5) is 22.0. The molecular formula is C8H12O5. The highest BCUT2D eigenvalue weighted by molar-refractivity contribution is 6.39. The molecule has 1 atom stereocenters. The first-order valence-electron chi connectivity index (χ1n) is 3.90. The summed E-state index contributed by atoms with van der Waals surface area (Å²) in [5.74, 6) is -2.54. The molecule has 0 amide bonds. The fourth-order valence-corrected chi connectivity index (χ4v) is 1.37. The summed E-state index contributed by atoms with van der Waals surface area (Å²) in [5.41, 5.74) is 0. The minimum Gasteiger partial charge on any atom is -0.385 e. The average molecular weight is 188 g/mol. The van der Waals surface area contributed by atoms with Gasteiger partial charge in [0.25, 0.3) is 0 Å². The van der Waals surface area contributed by atoms with E-state index in [2.05, 4.69) is 0 Å². The molecule has 0 saturated heterocycles. The maximum Gasteiger partial charge on any atom is 0.227 e. The second-order valence-electron chi connectivity index (χ2n) is 3.00. The summed E-state index contributed by atoms with van der Waals surface area (Å²) >= 11 is 0. The Morgan fingerprint density at radius 2 is 1.92 bits per heavy atom. The lowest BCUT2D eigenvalue weighted by atomic mass is 9.89. The zero-order chi connectivity index (χ0) is 10.1. The monoisotopic (exact) mass is 188 g/mol. The van der Waals surface area contributed by atoms with E-state index in [0.29, 0.717) is 0 Å². The molecular weight excluding hydrogens is 176 g/mol. The van der Waals surface area contributed by atoms with Gasteiger partial charge < -0.3 is 14.6 Å². The maximum atomic E-state index is 11.1. The lowest BCUT2D eigenvalue weighted by Gasteiger charge is -2.34. The van der Waals surface area contributed by atoms with Crippen LogP contribution >= 0.6 is 0 Å². The number of carbonyl (C=O) groups is 2. The molecule has 5 nitrogen and oxygen atoms in total. The number of ether oxygens (including phenoxy) is 2. The highest BCUT2D eigenvalue weighted by Gasteiger charge is 2.45. The van der Waals surface area contributed by atoms with E-state index in [0.717, 1.165) is 0 Å². The van der Waals surface area contributed by atoms with Crippen LogP contribution in [0.2, 0.25) is 0 Å². The summed E-state index contributed by atoms with van der Waals surface area (Å²) in [7, 11) is 2.75. The van der Waals surface area contributed by atoms with E-state index in [1.165, 1.54) is 14.2 Å². The predicted molar refractivity (Wildman–Crippen MR) is 42.0 cm³/mol. The molecule has 1 aliphatic rings. The van der Waals surface area contributed by atoms with Crippen LogP contribution in [0.5, 0.6) is 0 Å². The highest BCUT2D eigenvalue weighted by Crippen LogP contribution is 2.28. The maximum absolute atomic E-state index is 11.1. The largest absolute Gasteiger partial charge is 0.385 e. The number of ketones is 2. The molecule has 1 N–H and O–H groups in total. The second-order valence-corrected chi connectivity index (χ2v) is 3.00. The van der Waals surface area contributed by atoms with Crippen molar-refractivity contribution in [1.82, 2.24) is 0 Å². The third kappa shape index (κ3) is 1.77. The molecule has 0 spiro atoms. The molecule has 1 saturated carbocycles. The van der Waals surface area contributed by atoms with Gasteiger partial charge in [0.05, 0.1) is 6.42 Å². The summed E-state index contributed by atoms with van der Waals surface area (Å²) in [6.45, 7) is 0. The summed E-state index contributed by atoms with van der Waals surface area (Å²) in [6, 6.07) is 0. The van der Waals surface area contributed by atoms with Gasteiger partial charge in [-0.3, -0.25) is 9.59 Å². The lowest BCUT2D eigenvalue weighted by Crippen LogP contribution is -2.50. The first-order valence-corrected chi connectivity index (χ1v) is 3.90. The minimum atomic E-state index is -1.30. The molecule has 1 unspecified atom stereocenters. The number of methoxy groups -OCH3 is 2.